The van der Waals surface area contributed by atoms with Crippen molar-refractivity contribution in [3.05, 3.63) is 24.3 Å². The van der Waals surface area contributed by atoms with Crippen LogP contribution in [0.4, 0.5) is 11.4 Å². The molecule has 0 aromatic heterocycles. The predicted molar refractivity (Wildman–Crippen MR) is 82.5 cm³/mol. The van der Waals surface area contributed by atoms with Gasteiger partial charge in [0.25, 0.3) is 0 Å². The van der Waals surface area contributed by atoms with Gasteiger partial charge in [-0.05, 0) is 25.6 Å². The van der Waals surface area contributed by atoms with Crippen LogP contribution < -0.4 is 0 Å². The summed E-state index contributed by atoms with van der Waals surface area (Å²) in [6.45, 7) is 18.8. The van der Waals surface area contributed by atoms with Crippen molar-refractivity contribution in [2.75, 3.05) is 0 Å². The van der Waals surface area contributed by atoms with Gasteiger partial charge in [-0.2, -0.15) is 0 Å². The molecule has 0 saturated heterocycles. The lowest BCUT2D eigenvalue weighted by Crippen LogP contribution is -1.64. The molecule has 0 unspecified atom stereocenters. The molecule has 0 atom stereocenters. The average molecular weight is 240 g/mol. The molecule has 0 aliphatic carbocycles. The highest BCUT2D eigenvalue weighted by atomic mass is 16.0. The van der Waals surface area contributed by atoms with E-state index in [1.54, 1.807) is 0 Å². The van der Waals surface area contributed by atoms with Gasteiger partial charge in [0.2, 0.25) is 0 Å². The van der Waals surface area contributed by atoms with Crippen molar-refractivity contribution in [2.45, 2.75) is 41.5 Å². The molecule has 0 aliphatic rings. The second-order valence-corrected chi connectivity index (χ2v) is 1.80. The highest BCUT2D eigenvalue weighted by Crippen LogP contribution is 2.25. The first kappa shape index (κ1) is 24.7. The van der Waals surface area contributed by atoms with Gasteiger partial charge in [-0.15, -0.1) is 0 Å². The Morgan fingerprint density at radius 3 is 1.12 bits per heavy atom. The topological polar surface area (TPSA) is 56.2 Å². The predicted octanol–water partition coefficient (Wildman–Crippen LogP) is 4.60. The molecule has 1 aromatic carbocycles. The monoisotopic (exact) mass is 240 g/mol. The third kappa shape index (κ3) is 12.5. The van der Waals surface area contributed by atoms with Crippen molar-refractivity contribution in [2.24, 2.45) is 9.98 Å². The van der Waals surface area contributed by atoms with Crippen LogP contribution in [0.1, 0.15) is 41.5 Å². The Morgan fingerprint density at radius 2 is 0.941 bits per heavy atom. The molecular weight excluding hydrogens is 212 g/mol. The molecular formula is C14H28N2O. The van der Waals surface area contributed by atoms with E-state index < -0.39 is 0 Å². The number of hydrogen-bond donors (Lipinski definition) is 0. The number of para-hydroxylation sites is 2. The summed E-state index contributed by atoms with van der Waals surface area (Å²) in [6, 6.07) is 7.46. The van der Waals surface area contributed by atoms with Gasteiger partial charge >= 0.3 is 0 Å². The van der Waals surface area contributed by atoms with Gasteiger partial charge in [0.05, 0.1) is 11.4 Å². The van der Waals surface area contributed by atoms with Crippen LogP contribution in [0.3, 0.4) is 0 Å². The summed E-state index contributed by atoms with van der Waals surface area (Å²) in [4.78, 5) is 7.52. The fraction of sp³-hybridized carbons (Fsp3) is 0.429. The van der Waals surface area contributed by atoms with Crippen molar-refractivity contribution >= 4 is 24.8 Å². The lowest BCUT2D eigenvalue weighted by molar-refractivity contribution is 0.824. The molecule has 3 heteroatoms. The number of benzene rings is 1. The highest BCUT2D eigenvalue weighted by molar-refractivity contribution is 5.66. The molecule has 1 rings (SSSR count). The number of aliphatic imine (C=N–C) groups is 2. The number of rotatable bonds is 2. The van der Waals surface area contributed by atoms with Crippen molar-refractivity contribution in [1.82, 2.24) is 0 Å². The van der Waals surface area contributed by atoms with Crippen LogP contribution in [0.2, 0.25) is 0 Å². The van der Waals surface area contributed by atoms with E-state index in [2.05, 4.69) is 23.4 Å². The zero-order valence-corrected chi connectivity index (χ0v) is 12.1. The molecule has 0 fully saturated rings. The average Bonchev–Trinajstić information content (AvgIpc) is 2.45. The summed E-state index contributed by atoms with van der Waals surface area (Å²) >= 11 is 0. The van der Waals surface area contributed by atoms with Gasteiger partial charge < -0.3 is 5.48 Å². The minimum absolute atomic E-state index is 0. The van der Waals surface area contributed by atoms with Crippen LogP contribution in [-0.2, 0) is 0 Å². The fourth-order valence-electron chi connectivity index (χ4n) is 0.732. The van der Waals surface area contributed by atoms with E-state index in [9.17, 15) is 0 Å². The van der Waals surface area contributed by atoms with Gasteiger partial charge in [-0.25, -0.2) is 0 Å². The standard InChI is InChI=1S/C8H8N2.3C2H6.H2O/c1-9-7-5-3-4-6-8(7)10-2;3*1-2;/h3-6H,1-2H2;3*1-2H3;1H2. The lowest BCUT2D eigenvalue weighted by Gasteiger charge is -1.95. The Bertz CT molecular complexity index is 233. The first-order chi connectivity index (χ1) is 7.88. The van der Waals surface area contributed by atoms with Crippen molar-refractivity contribution in [3.8, 4) is 0 Å². The van der Waals surface area contributed by atoms with E-state index in [-0.39, 0.29) is 5.48 Å². The maximum Gasteiger partial charge on any atom is 0.0878 e. The molecule has 3 nitrogen and oxygen atoms in total. The summed E-state index contributed by atoms with van der Waals surface area (Å²) in [5, 5.41) is 0. The minimum Gasteiger partial charge on any atom is -0.412 e. The Balaban J connectivity index is -0.000000106. The SMILES string of the molecule is C=Nc1ccccc1N=C.CC.CC.CC.O. The minimum atomic E-state index is 0. The molecule has 100 valence electrons. The Labute approximate surface area is 107 Å². The maximum absolute atomic E-state index is 3.76. The second kappa shape index (κ2) is 24.0. The Kier molecular flexibility index (Phi) is 34.8. The third-order valence-electron chi connectivity index (χ3n) is 1.22. The zero-order chi connectivity index (χ0) is 13.4. The van der Waals surface area contributed by atoms with E-state index >= 15 is 0 Å². The number of nitrogens with zero attached hydrogens (tertiary/aromatic N) is 2. The molecule has 0 heterocycles. The number of hydrogen-bond acceptors (Lipinski definition) is 2. The third-order valence-corrected chi connectivity index (χ3v) is 1.22. The van der Waals surface area contributed by atoms with Gasteiger partial charge in [-0.1, -0.05) is 53.7 Å². The summed E-state index contributed by atoms with van der Waals surface area (Å²) in [6.07, 6.45) is 0. The summed E-state index contributed by atoms with van der Waals surface area (Å²) in [5.74, 6) is 0. The van der Waals surface area contributed by atoms with E-state index in [1.807, 2.05) is 65.8 Å². The molecule has 1 aromatic rings. The van der Waals surface area contributed by atoms with Crippen molar-refractivity contribution in [3.63, 3.8) is 0 Å². The van der Waals surface area contributed by atoms with E-state index in [0.717, 1.165) is 11.4 Å². The Morgan fingerprint density at radius 1 is 0.706 bits per heavy atom. The van der Waals surface area contributed by atoms with Gasteiger partial charge in [0.15, 0.2) is 0 Å². The quantitative estimate of drug-likeness (QED) is 0.678. The highest BCUT2D eigenvalue weighted by Gasteiger charge is 1.92. The van der Waals surface area contributed by atoms with Crippen LogP contribution in [0.5, 0.6) is 0 Å². The summed E-state index contributed by atoms with van der Waals surface area (Å²) < 4.78 is 0. The first-order valence-corrected chi connectivity index (χ1v) is 5.91. The van der Waals surface area contributed by atoms with Crippen LogP contribution in [-0.4, -0.2) is 18.9 Å². The molecule has 0 radical (unpaired) electrons. The Hall–Kier alpha value is -1.48. The second-order valence-electron chi connectivity index (χ2n) is 1.80. The molecule has 0 aliphatic heterocycles. The van der Waals surface area contributed by atoms with Crippen LogP contribution in [0.15, 0.2) is 34.3 Å². The molecule has 17 heavy (non-hydrogen) atoms. The molecule has 0 amide bonds. The zero-order valence-electron chi connectivity index (χ0n) is 12.1. The molecule has 0 spiro atoms. The van der Waals surface area contributed by atoms with Crippen LogP contribution in [0, 0.1) is 0 Å². The molecule has 0 saturated carbocycles. The van der Waals surface area contributed by atoms with Crippen LogP contribution >= 0.6 is 0 Å². The van der Waals surface area contributed by atoms with Gasteiger partial charge in [0.1, 0.15) is 0 Å². The van der Waals surface area contributed by atoms with E-state index in [0.29, 0.717) is 0 Å². The van der Waals surface area contributed by atoms with E-state index in [4.69, 9.17) is 0 Å². The fourth-order valence-corrected chi connectivity index (χ4v) is 0.732. The summed E-state index contributed by atoms with van der Waals surface area (Å²) in [7, 11) is 0. The molecule has 0 bridgehead atoms. The molecule has 2 N–H and O–H groups in total. The van der Waals surface area contributed by atoms with Gasteiger partial charge in [0, 0.05) is 0 Å². The normalized spacial score (nSPS) is 6.24. The maximum atomic E-state index is 3.76. The van der Waals surface area contributed by atoms with Gasteiger partial charge in [-0.3, -0.25) is 9.98 Å². The lowest BCUT2D eigenvalue weighted by atomic mass is 10.3. The smallest absolute Gasteiger partial charge is 0.0878 e. The first-order valence-electron chi connectivity index (χ1n) is 5.91. The van der Waals surface area contributed by atoms with Crippen molar-refractivity contribution in [1.29, 1.82) is 0 Å². The van der Waals surface area contributed by atoms with E-state index in [1.165, 1.54) is 0 Å². The summed E-state index contributed by atoms with van der Waals surface area (Å²) in [5.41, 5.74) is 1.55. The van der Waals surface area contributed by atoms with Crippen LogP contribution in [0.25, 0.3) is 0 Å². The van der Waals surface area contributed by atoms with Crippen molar-refractivity contribution < 1.29 is 5.48 Å². The largest absolute Gasteiger partial charge is 0.412 e.